The molecular weight excluding hydrogens is 246 g/mol. The van der Waals surface area contributed by atoms with Crippen LogP contribution in [0.2, 0.25) is 5.02 Å². The van der Waals surface area contributed by atoms with Gasteiger partial charge in [-0.1, -0.05) is 11.6 Å². The second-order valence-corrected chi connectivity index (χ2v) is 5.43. The standard InChI is InChI=1S/C10H14ClN3OS/c1-14-10(15)9(11)8(6-12-14)13-7-2-4-16-5-3-7/h6-7,13H,2-5H2,1H3. The zero-order valence-corrected chi connectivity index (χ0v) is 10.6. The van der Waals surface area contributed by atoms with Gasteiger partial charge in [-0.25, -0.2) is 4.68 Å². The van der Waals surface area contributed by atoms with Gasteiger partial charge in [0.15, 0.2) is 0 Å². The lowest BCUT2D eigenvalue weighted by Crippen LogP contribution is -2.27. The van der Waals surface area contributed by atoms with E-state index in [0.717, 1.165) is 24.3 Å². The van der Waals surface area contributed by atoms with Crippen molar-refractivity contribution in [2.24, 2.45) is 7.05 Å². The van der Waals surface area contributed by atoms with Crippen molar-refractivity contribution in [3.8, 4) is 0 Å². The Hall–Kier alpha value is -0.680. The van der Waals surface area contributed by atoms with Gasteiger partial charge in [0, 0.05) is 13.1 Å². The Labute approximate surface area is 103 Å². The van der Waals surface area contributed by atoms with E-state index in [4.69, 9.17) is 11.6 Å². The van der Waals surface area contributed by atoms with Gasteiger partial charge in [-0.05, 0) is 24.3 Å². The van der Waals surface area contributed by atoms with Crippen molar-refractivity contribution in [3.05, 3.63) is 21.6 Å². The number of hydrogen-bond donors (Lipinski definition) is 1. The summed E-state index contributed by atoms with van der Waals surface area (Å²) >= 11 is 7.94. The lowest BCUT2D eigenvalue weighted by Gasteiger charge is -2.23. The maximum atomic E-state index is 11.6. The molecule has 1 saturated heterocycles. The second kappa shape index (κ2) is 5.10. The number of nitrogens with one attached hydrogen (secondary N) is 1. The molecule has 1 aromatic rings. The van der Waals surface area contributed by atoms with E-state index in [1.54, 1.807) is 13.2 Å². The van der Waals surface area contributed by atoms with Gasteiger partial charge in [0.05, 0.1) is 11.9 Å². The van der Waals surface area contributed by atoms with Gasteiger partial charge in [-0.15, -0.1) is 0 Å². The number of rotatable bonds is 2. The van der Waals surface area contributed by atoms with Crippen LogP contribution in [0.4, 0.5) is 5.69 Å². The van der Waals surface area contributed by atoms with Crippen LogP contribution in [0, 0.1) is 0 Å². The molecule has 1 N–H and O–H groups in total. The summed E-state index contributed by atoms with van der Waals surface area (Å²) in [5.74, 6) is 2.32. The monoisotopic (exact) mass is 259 g/mol. The van der Waals surface area contributed by atoms with Crippen molar-refractivity contribution in [2.45, 2.75) is 18.9 Å². The Kier molecular flexibility index (Phi) is 3.76. The number of anilines is 1. The van der Waals surface area contributed by atoms with Crippen molar-refractivity contribution in [3.63, 3.8) is 0 Å². The molecule has 88 valence electrons. The van der Waals surface area contributed by atoms with Gasteiger partial charge < -0.3 is 5.32 Å². The van der Waals surface area contributed by atoms with Crippen molar-refractivity contribution in [1.82, 2.24) is 9.78 Å². The predicted molar refractivity (Wildman–Crippen MR) is 68.5 cm³/mol. The molecule has 0 bridgehead atoms. The van der Waals surface area contributed by atoms with Crippen LogP contribution >= 0.6 is 23.4 Å². The van der Waals surface area contributed by atoms with Gasteiger partial charge in [-0.3, -0.25) is 4.79 Å². The van der Waals surface area contributed by atoms with Gasteiger partial charge in [-0.2, -0.15) is 16.9 Å². The molecule has 2 rings (SSSR count). The maximum absolute atomic E-state index is 11.6. The van der Waals surface area contributed by atoms with E-state index in [9.17, 15) is 4.79 Å². The van der Waals surface area contributed by atoms with E-state index in [1.807, 2.05) is 11.8 Å². The first-order valence-corrected chi connectivity index (χ1v) is 6.78. The van der Waals surface area contributed by atoms with Crippen LogP contribution in [0.3, 0.4) is 0 Å². The molecule has 1 aliphatic heterocycles. The molecule has 4 nitrogen and oxygen atoms in total. The predicted octanol–water partition coefficient (Wildman–Crippen LogP) is 1.74. The number of halogens is 1. The van der Waals surface area contributed by atoms with E-state index in [-0.39, 0.29) is 10.6 Å². The van der Waals surface area contributed by atoms with E-state index >= 15 is 0 Å². The Bertz CT molecular complexity index is 429. The van der Waals surface area contributed by atoms with Crippen molar-refractivity contribution < 1.29 is 0 Å². The molecule has 0 amide bonds. The van der Waals surface area contributed by atoms with Crippen LogP contribution in [0.1, 0.15) is 12.8 Å². The highest BCUT2D eigenvalue weighted by atomic mass is 35.5. The normalized spacial score (nSPS) is 17.4. The fraction of sp³-hybridized carbons (Fsp3) is 0.600. The lowest BCUT2D eigenvalue weighted by molar-refractivity contribution is 0.660. The van der Waals surface area contributed by atoms with Crippen molar-refractivity contribution >= 4 is 29.1 Å². The van der Waals surface area contributed by atoms with Crippen LogP contribution in [0.25, 0.3) is 0 Å². The number of hydrogen-bond acceptors (Lipinski definition) is 4. The molecule has 1 aliphatic rings. The largest absolute Gasteiger partial charge is 0.380 e. The van der Waals surface area contributed by atoms with Crippen LogP contribution in [-0.4, -0.2) is 27.3 Å². The fourth-order valence-electron chi connectivity index (χ4n) is 1.67. The quantitative estimate of drug-likeness (QED) is 0.879. The summed E-state index contributed by atoms with van der Waals surface area (Å²) in [6.45, 7) is 0. The molecule has 0 radical (unpaired) electrons. The summed E-state index contributed by atoms with van der Waals surface area (Å²) < 4.78 is 1.24. The third-order valence-electron chi connectivity index (χ3n) is 2.66. The van der Waals surface area contributed by atoms with Gasteiger partial charge in [0.2, 0.25) is 0 Å². The Balaban J connectivity index is 2.15. The summed E-state index contributed by atoms with van der Waals surface area (Å²) in [4.78, 5) is 11.6. The van der Waals surface area contributed by atoms with Gasteiger partial charge >= 0.3 is 0 Å². The number of nitrogens with zero attached hydrogens (tertiary/aromatic N) is 2. The lowest BCUT2D eigenvalue weighted by atomic mass is 10.1. The van der Waals surface area contributed by atoms with E-state index in [0.29, 0.717) is 11.7 Å². The zero-order chi connectivity index (χ0) is 11.5. The molecule has 0 spiro atoms. The van der Waals surface area contributed by atoms with E-state index in [1.165, 1.54) is 4.68 Å². The van der Waals surface area contributed by atoms with E-state index < -0.39 is 0 Å². The number of thioether (sulfide) groups is 1. The SMILES string of the molecule is Cn1ncc(NC2CCSCC2)c(Cl)c1=O. The molecule has 0 unspecified atom stereocenters. The Morgan fingerprint density at radius 1 is 1.56 bits per heavy atom. The molecule has 16 heavy (non-hydrogen) atoms. The molecule has 0 aliphatic carbocycles. The number of aryl methyl sites for hydroxylation is 1. The highest BCUT2D eigenvalue weighted by Gasteiger charge is 2.16. The molecule has 0 atom stereocenters. The first kappa shape index (κ1) is 11.8. The highest BCUT2D eigenvalue weighted by molar-refractivity contribution is 7.99. The van der Waals surface area contributed by atoms with Crippen molar-refractivity contribution in [1.29, 1.82) is 0 Å². The van der Waals surface area contributed by atoms with Gasteiger partial charge in [0.25, 0.3) is 5.56 Å². The molecule has 0 aromatic carbocycles. The third kappa shape index (κ3) is 2.52. The minimum atomic E-state index is -0.253. The average Bonchev–Trinajstić information content (AvgIpc) is 2.31. The molecule has 1 aromatic heterocycles. The first-order valence-electron chi connectivity index (χ1n) is 5.24. The first-order chi connectivity index (χ1) is 7.68. The van der Waals surface area contributed by atoms with Crippen LogP contribution in [-0.2, 0) is 7.05 Å². The molecule has 0 saturated carbocycles. The summed E-state index contributed by atoms with van der Waals surface area (Å²) in [7, 11) is 1.59. The minimum absolute atomic E-state index is 0.232. The summed E-state index contributed by atoms with van der Waals surface area (Å²) in [6, 6.07) is 0.410. The second-order valence-electron chi connectivity index (χ2n) is 3.83. The van der Waals surface area contributed by atoms with E-state index in [2.05, 4.69) is 10.4 Å². The van der Waals surface area contributed by atoms with Crippen LogP contribution < -0.4 is 10.9 Å². The Morgan fingerprint density at radius 2 is 2.25 bits per heavy atom. The minimum Gasteiger partial charge on any atom is -0.380 e. The summed E-state index contributed by atoms with van der Waals surface area (Å²) in [5.41, 5.74) is 0.401. The van der Waals surface area contributed by atoms with Gasteiger partial charge in [0.1, 0.15) is 5.02 Å². The van der Waals surface area contributed by atoms with Crippen LogP contribution in [0.5, 0.6) is 0 Å². The van der Waals surface area contributed by atoms with Crippen molar-refractivity contribution in [2.75, 3.05) is 16.8 Å². The molecule has 6 heteroatoms. The fourth-order valence-corrected chi connectivity index (χ4v) is 3.01. The molecule has 1 fully saturated rings. The molecule has 2 heterocycles. The molecular formula is C10H14ClN3OS. The zero-order valence-electron chi connectivity index (χ0n) is 9.07. The smallest absolute Gasteiger partial charge is 0.287 e. The Morgan fingerprint density at radius 3 is 2.94 bits per heavy atom. The third-order valence-corrected chi connectivity index (χ3v) is 4.07. The highest BCUT2D eigenvalue weighted by Crippen LogP contribution is 2.23. The number of aromatic nitrogens is 2. The average molecular weight is 260 g/mol. The maximum Gasteiger partial charge on any atom is 0.287 e. The van der Waals surface area contributed by atoms with Crippen LogP contribution in [0.15, 0.2) is 11.0 Å². The summed E-state index contributed by atoms with van der Waals surface area (Å²) in [6.07, 6.45) is 3.83. The summed E-state index contributed by atoms with van der Waals surface area (Å²) in [5, 5.41) is 7.49. The topological polar surface area (TPSA) is 46.9 Å².